The molecule has 12 heavy (non-hydrogen) atoms. The van der Waals surface area contributed by atoms with Gasteiger partial charge in [0.05, 0.1) is 0 Å². The molecule has 1 radical (unpaired) electrons. The number of hydrogen-bond donors (Lipinski definition) is 0. The third-order valence-corrected chi connectivity index (χ3v) is 2.35. The SMILES string of the molecule is [CH2]c1ccc(CSC(C)=O)cc1. The van der Waals surface area contributed by atoms with Gasteiger partial charge in [0.2, 0.25) is 0 Å². The number of hydrogen-bond acceptors (Lipinski definition) is 2. The van der Waals surface area contributed by atoms with Crippen LogP contribution in [-0.4, -0.2) is 5.12 Å². The number of carbonyl (C=O) groups excluding carboxylic acids is 1. The molecule has 0 saturated heterocycles. The van der Waals surface area contributed by atoms with Crippen molar-refractivity contribution in [2.75, 3.05) is 0 Å². The third-order valence-electron chi connectivity index (χ3n) is 1.47. The van der Waals surface area contributed by atoms with Crippen molar-refractivity contribution in [2.45, 2.75) is 12.7 Å². The largest absolute Gasteiger partial charge is 0.288 e. The first-order valence-electron chi connectivity index (χ1n) is 3.73. The van der Waals surface area contributed by atoms with Crippen LogP contribution in [0.25, 0.3) is 0 Å². The Morgan fingerprint density at radius 3 is 2.50 bits per heavy atom. The summed E-state index contributed by atoms with van der Waals surface area (Å²) >= 11 is 1.33. The van der Waals surface area contributed by atoms with E-state index >= 15 is 0 Å². The van der Waals surface area contributed by atoms with Crippen molar-refractivity contribution in [2.24, 2.45) is 0 Å². The molecule has 0 atom stereocenters. The molecule has 1 aromatic carbocycles. The first-order valence-corrected chi connectivity index (χ1v) is 4.71. The predicted octanol–water partition coefficient (Wildman–Crippen LogP) is 2.65. The fourth-order valence-electron chi connectivity index (χ4n) is 0.820. The van der Waals surface area contributed by atoms with E-state index in [0.717, 1.165) is 11.3 Å². The number of carbonyl (C=O) groups is 1. The highest BCUT2D eigenvalue weighted by Crippen LogP contribution is 2.12. The Morgan fingerprint density at radius 1 is 1.42 bits per heavy atom. The Morgan fingerprint density at radius 2 is 2.00 bits per heavy atom. The quantitative estimate of drug-likeness (QED) is 0.694. The molecule has 0 aliphatic carbocycles. The highest BCUT2D eigenvalue weighted by atomic mass is 32.2. The van der Waals surface area contributed by atoms with E-state index in [2.05, 4.69) is 6.92 Å². The lowest BCUT2D eigenvalue weighted by Gasteiger charge is -1.98. The van der Waals surface area contributed by atoms with Gasteiger partial charge in [-0.25, -0.2) is 0 Å². The third kappa shape index (κ3) is 3.09. The van der Waals surface area contributed by atoms with Crippen LogP contribution in [0.4, 0.5) is 0 Å². The van der Waals surface area contributed by atoms with Gasteiger partial charge < -0.3 is 0 Å². The van der Waals surface area contributed by atoms with Gasteiger partial charge in [-0.2, -0.15) is 0 Å². The van der Waals surface area contributed by atoms with Crippen LogP contribution in [0, 0.1) is 6.92 Å². The molecule has 2 heteroatoms. The van der Waals surface area contributed by atoms with E-state index in [1.165, 1.54) is 17.3 Å². The van der Waals surface area contributed by atoms with E-state index in [1.807, 2.05) is 24.3 Å². The zero-order chi connectivity index (χ0) is 8.97. The summed E-state index contributed by atoms with van der Waals surface area (Å²) in [6.07, 6.45) is 0. The number of thioether (sulfide) groups is 1. The van der Waals surface area contributed by atoms with Crippen molar-refractivity contribution in [1.82, 2.24) is 0 Å². The molecular formula is C10H11OS. The van der Waals surface area contributed by atoms with Crippen LogP contribution in [0.5, 0.6) is 0 Å². The second kappa shape index (κ2) is 4.31. The minimum absolute atomic E-state index is 0.161. The Balaban J connectivity index is 2.53. The van der Waals surface area contributed by atoms with E-state index in [0.29, 0.717) is 0 Å². The molecule has 0 saturated carbocycles. The van der Waals surface area contributed by atoms with Gasteiger partial charge in [-0.05, 0) is 18.1 Å². The Bertz CT molecular complexity index is 264. The van der Waals surface area contributed by atoms with Gasteiger partial charge in [-0.15, -0.1) is 0 Å². The van der Waals surface area contributed by atoms with Crippen LogP contribution in [0.3, 0.4) is 0 Å². The minimum Gasteiger partial charge on any atom is -0.288 e. The van der Waals surface area contributed by atoms with Gasteiger partial charge in [-0.3, -0.25) is 4.79 Å². The summed E-state index contributed by atoms with van der Waals surface area (Å²) in [5.41, 5.74) is 2.18. The monoisotopic (exact) mass is 179 g/mol. The van der Waals surface area contributed by atoms with Crippen LogP contribution in [0.1, 0.15) is 18.1 Å². The summed E-state index contributed by atoms with van der Waals surface area (Å²) in [6.45, 7) is 5.37. The number of rotatable bonds is 2. The summed E-state index contributed by atoms with van der Waals surface area (Å²) < 4.78 is 0. The smallest absolute Gasteiger partial charge is 0.186 e. The van der Waals surface area contributed by atoms with Crippen LogP contribution >= 0.6 is 11.8 Å². The molecule has 0 amide bonds. The Hall–Kier alpha value is -0.760. The van der Waals surface area contributed by atoms with E-state index in [1.54, 1.807) is 6.92 Å². The lowest BCUT2D eigenvalue weighted by molar-refractivity contribution is -0.109. The average Bonchev–Trinajstić information content (AvgIpc) is 2.03. The molecule has 1 rings (SSSR count). The Labute approximate surface area is 77.2 Å². The zero-order valence-corrected chi connectivity index (χ0v) is 7.86. The second-order valence-corrected chi connectivity index (χ2v) is 3.75. The van der Waals surface area contributed by atoms with Crippen LogP contribution in [0.15, 0.2) is 24.3 Å². The minimum atomic E-state index is 0.161. The molecule has 0 heterocycles. The molecule has 0 aliphatic heterocycles. The van der Waals surface area contributed by atoms with Crippen molar-refractivity contribution in [1.29, 1.82) is 0 Å². The van der Waals surface area contributed by atoms with Gasteiger partial charge in [0, 0.05) is 12.7 Å². The van der Waals surface area contributed by atoms with Gasteiger partial charge >= 0.3 is 0 Å². The maximum Gasteiger partial charge on any atom is 0.186 e. The first kappa shape index (κ1) is 9.33. The maximum absolute atomic E-state index is 10.6. The second-order valence-electron chi connectivity index (χ2n) is 2.60. The van der Waals surface area contributed by atoms with Gasteiger partial charge in [-0.1, -0.05) is 36.0 Å². The molecule has 0 spiro atoms. The maximum atomic E-state index is 10.6. The van der Waals surface area contributed by atoms with E-state index in [4.69, 9.17) is 0 Å². The van der Waals surface area contributed by atoms with E-state index in [9.17, 15) is 4.79 Å². The van der Waals surface area contributed by atoms with E-state index in [-0.39, 0.29) is 5.12 Å². The highest BCUT2D eigenvalue weighted by Gasteiger charge is 1.95. The van der Waals surface area contributed by atoms with Crippen molar-refractivity contribution >= 4 is 16.9 Å². The fourth-order valence-corrected chi connectivity index (χ4v) is 1.38. The summed E-state index contributed by atoms with van der Waals surface area (Å²) in [5, 5.41) is 0.161. The average molecular weight is 179 g/mol. The summed E-state index contributed by atoms with van der Waals surface area (Å²) in [6, 6.07) is 7.91. The van der Waals surface area contributed by atoms with Crippen LogP contribution in [0.2, 0.25) is 0 Å². The number of benzene rings is 1. The van der Waals surface area contributed by atoms with Crippen molar-refractivity contribution in [3.8, 4) is 0 Å². The molecular weight excluding hydrogens is 168 g/mol. The summed E-state index contributed by atoms with van der Waals surface area (Å²) in [5.74, 6) is 0.760. The Kier molecular flexibility index (Phi) is 3.35. The first-order chi connectivity index (χ1) is 5.68. The molecule has 0 fully saturated rings. The topological polar surface area (TPSA) is 17.1 Å². The molecule has 63 valence electrons. The van der Waals surface area contributed by atoms with Crippen LogP contribution in [-0.2, 0) is 10.5 Å². The van der Waals surface area contributed by atoms with Crippen molar-refractivity contribution < 1.29 is 4.79 Å². The summed E-state index contributed by atoms with van der Waals surface area (Å²) in [4.78, 5) is 10.6. The molecule has 0 N–H and O–H groups in total. The van der Waals surface area contributed by atoms with Crippen LogP contribution < -0.4 is 0 Å². The normalized spacial score (nSPS) is 9.83. The summed E-state index contributed by atoms with van der Waals surface area (Å²) in [7, 11) is 0. The zero-order valence-electron chi connectivity index (χ0n) is 7.04. The molecule has 0 unspecified atom stereocenters. The molecule has 0 aromatic heterocycles. The fraction of sp³-hybridized carbons (Fsp3) is 0.200. The van der Waals surface area contributed by atoms with E-state index < -0.39 is 0 Å². The highest BCUT2D eigenvalue weighted by molar-refractivity contribution is 8.12. The van der Waals surface area contributed by atoms with Gasteiger partial charge in [0.25, 0.3) is 0 Å². The molecule has 1 nitrogen and oxygen atoms in total. The lowest BCUT2D eigenvalue weighted by atomic mass is 10.2. The van der Waals surface area contributed by atoms with Gasteiger partial charge in [0.1, 0.15) is 0 Å². The van der Waals surface area contributed by atoms with Crippen molar-refractivity contribution in [3.63, 3.8) is 0 Å². The lowest BCUT2D eigenvalue weighted by Crippen LogP contribution is -1.85. The standard InChI is InChI=1S/C10H11OS/c1-8-3-5-10(6-4-8)7-12-9(2)11/h3-6H,1,7H2,2H3. The van der Waals surface area contributed by atoms with Gasteiger partial charge in [0.15, 0.2) is 5.12 Å². The predicted molar refractivity (Wildman–Crippen MR) is 52.9 cm³/mol. The van der Waals surface area contributed by atoms with Crippen molar-refractivity contribution in [3.05, 3.63) is 42.3 Å². The molecule has 0 bridgehead atoms. The molecule has 1 aromatic rings. The molecule has 0 aliphatic rings.